The fraction of sp³-hybridized carbons (Fsp3) is 0.538. The first-order valence-electron chi connectivity index (χ1n) is 6.52. The minimum atomic E-state index is 0.0566. The van der Waals surface area contributed by atoms with E-state index >= 15 is 0 Å². The predicted molar refractivity (Wildman–Crippen MR) is 79.3 cm³/mol. The summed E-state index contributed by atoms with van der Waals surface area (Å²) in [4.78, 5) is 21.5. The summed E-state index contributed by atoms with van der Waals surface area (Å²) in [5.74, 6) is 0.431. The number of likely N-dealkylation sites (N-methyl/N-ethyl adjacent to an activating group) is 1. The maximum Gasteiger partial charge on any atom is 0.262 e. The molecule has 3 rings (SSSR count). The van der Waals surface area contributed by atoms with Gasteiger partial charge in [0.1, 0.15) is 4.83 Å². The Bertz CT molecular complexity index is 664. The molecule has 0 aromatic carbocycles. The molecule has 102 valence electrons. The first kappa shape index (κ1) is 13.1. The van der Waals surface area contributed by atoms with Crippen molar-refractivity contribution < 1.29 is 0 Å². The maximum absolute atomic E-state index is 12.5. The molecule has 0 amide bonds. The van der Waals surface area contributed by atoms with Gasteiger partial charge >= 0.3 is 0 Å². The highest BCUT2D eigenvalue weighted by atomic mass is 35.5. The summed E-state index contributed by atoms with van der Waals surface area (Å²) in [5, 5.41) is 0.811. The second-order valence-electron chi connectivity index (χ2n) is 4.73. The van der Waals surface area contributed by atoms with E-state index in [1.54, 1.807) is 22.2 Å². The molecule has 2 aromatic rings. The monoisotopic (exact) mass is 297 g/mol. The van der Waals surface area contributed by atoms with Crippen molar-refractivity contribution in [3.8, 4) is 0 Å². The van der Waals surface area contributed by atoms with Crippen molar-refractivity contribution in [1.82, 2.24) is 14.5 Å². The Balaban J connectivity index is 2.17. The molecule has 4 nitrogen and oxygen atoms in total. The molecule has 19 heavy (non-hydrogen) atoms. The van der Waals surface area contributed by atoms with Crippen molar-refractivity contribution in [3.63, 3.8) is 0 Å². The molecule has 0 fully saturated rings. The second kappa shape index (κ2) is 5.23. The lowest BCUT2D eigenvalue weighted by Gasteiger charge is -2.25. The molecule has 0 radical (unpaired) electrons. The van der Waals surface area contributed by atoms with E-state index in [2.05, 4.69) is 16.8 Å². The highest BCUT2D eigenvalue weighted by molar-refractivity contribution is 7.18. The van der Waals surface area contributed by atoms with Gasteiger partial charge in [0.15, 0.2) is 0 Å². The molecule has 0 N–H and O–H groups in total. The van der Waals surface area contributed by atoms with Crippen LogP contribution in [0.25, 0.3) is 10.2 Å². The molecule has 0 saturated heterocycles. The van der Waals surface area contributed by atoms with E-state index in [0.29, 0.717) is 12.4 Å². The topological polar surface area (TPSA) is 38.1 Å². The molecular weight excluding hydrogens is 282 g/mol. The Kier molecular flexibility index (Phi) is 3.60. The van der Waals surface area contributed by atoms with Crippen LogP contribution in [-0.4, -0.2) is 33.4 Å². The predicted octanol–water partition coefficient (Wildman–Crippen LogP) is 2.07. The number of nitrogens with zero attached hydrogens (tertiary/aromatic N) is 3. The van der Waals surface area contributed by atoms with Crippen molar-refractivity contribution in [2.24, 2.45) is 0 Å². The van der Waals surface area contributed by atoms with Gasteiger partial charge in [-0.2, -0.15) is 0 Å². The summed E-state index contributed by atoms with van der Waals surface area (Å²) >= 11 is 7.40. The number of rotatable bonds is 3. The maximum atomic E-state index is 12.5. The van der Waals surface area contributed by atoms with Gasteiger partial charge < -0.3 is 0 Å². The molecule has 1 aliphatic rings. The molecule has 0 bridgehead atoms. The van der Waals surface area contributed by atoms with E-state index in [1.807, 2.05) is 0 Å². The molecular formula is C13H16ClN3OS. The number of fused-ring (bicyclic) bond motifs is 3. The van der Waals surface area contributed by atoms with E-state index in [0.717, 1.165) is 36.3 Å². The lowest BCUT2D eigenvalue weighted by Crippen LogP contribution is -2.30. The fourth-order valence-corrected chi connectivity index (χ4v) is 3.89. The van der Waals surface area contributed by atoms with Crippen molar-refractivity contribution in [3.05, 3.63) is 27.1 Å². The number of halogens is 1. The van der Waals surface area contributed by atoms with Gasteiger partial charge in [0.2, 0.25) is 0 Å². The van der Waals surface area contributed by atoms with E-state index in [9.17, 15) is 4.79 Å². The van der Waals surface area contributed by atoms with Gasteiger partial charge in [0.25, 0.3) is 5.56 Å². The summed E-state index contributed by atoms with van der Waals surface area (Å²) in [6, 6.07) is 0. The molecule has 2 aromatic heterocycles. The van der Waals surface area contributed by atoms with Crippen molar-refractivity contribution in [2.75, 3.05) is 19.0 Å². The Labute approximate surface area is 120 Å². The Morgan fingerprint density at radius 1 is 1.53 bits per heavy atom. The van der Waals surface area contributed by atoms with E-state index in [4.69, 9.17) is 11.6 Å². The third-order valence-corrected chi connectivity index (χ3v) is 5.04. The van der Waals surface area contributed by atoms with Crippen LogP contribution in [0.2, 0.25) is 0 Å². The summed E-state index contributed by atoms with van der Waals surface area (Å²) in [7, 11) is 0. The van der Waals surface area contributed by atoms with Crippen molar-refractivity contribution in [1.29, 1.82) is 0 Å². The minimum absolute atomic E-state index is 0.0566. The smallest absolute Gasteiger partial charge is 0.262 e. The van der Waals surface area contributed by atoms with Gasteiger partial charge in [-0.15, -0.1) is 22.9 Å². The molecule has 0 saturated carbocycles. The van der Waals surface area contributed by atoms with Crippen LogP contribution in [0, 0.1) is 0 Å². The lowest BCUT2D eigenvalue weighted by molar-refractivity contribution is 0.271. The van der Waals surface area contributed by atoms with Crippen molar-refractivity contribution in [2.45, 2.75) is 26.4 Å². The molecule has 1 aliphatic heterocycles. The van der Waals surface area contributed by atoms with Gasteiger partial charge in [0, 0.05) is 30.4 Å². The van der Waals surface area contributed by atoms with E-state index in [1.165, 1.54) is 10.4 Å². The molecule has 0 spiro atoms. The van der Waals surface area contributed by atoms with Gasteiger partial charge in [-0.3, -0.25) is 14.3 Å². The van der Waals surface area contributed by atoms with Gasteiger partial charge in [0.05, 0.1) is 11.7 Å². The summed E-state index contributed by atoms with van der Waals surface area (Å²) in [6.45, 7) is 5.64. The number of thiophene rings is 1. The van der Waals surface area contributed by atoms with Crippen LogP contribution in [0.3, 0.4) is 0 Å². The van der Waals surface area contributed by atoms with Gasteiger partial charge in [-0.25, -0.2) is 4.98 Å². The summed E-state index contributed by atoms with van der Waals surface area (Å²) in [6.07, 6.45) is 2.64. The third kappa shape index (κ3) is 2.20. The zero-order valence-electron chi connectivity index (χ0n) is 10.9. The molecule has 0 unspecified atom stereocenters. The van der Waals surface area contributed by atoms with Crippen LogP contribution in [0.4, 0.5) is 0 Å². The van der Waals surface area contributed by atoms with E-state index < -0.39 is 0 Å². The molecule has 0 atom stereocenters. The number of aromatic nitrogens is 2. The normalized spacial score (nSPS) is 15.9. The van der Waals surface area contributed by atoms with Crippen LogP contribution < -0.4 is 5.56 Å². The average molecular weight is 298 g/mol. The van der Waals surface area contributed by atoms with Crippen LogP contribution in [-0.2, 0) is 19.5 Å². The Morgan fingerprint density at radius 2 is 2.37 bits per heavy atom. The zero-order valence-corrected chi connectivity index (χ0v) is 12.4. The first-order chi connectivity index (χ1) is 9.24. The quantitative estimate of drug-likeness (QED) is 0.814. The number of alkyl halides is 1. The number of hydrogen-bond donors (Lipinski definition) is 0. The van der Waals surface area contributed by atoms with Crippen LogP contribution in [0.15, 0.2) is 11.1 Å². The third-order valence-electron chi connectivity index (χ3n) is 3.67. The molecule has 3 heterocycles. The van der Waals surface area contributed by atoms with Crippen LogP contribution in [0.5, 0.6) is 0 Å². The molecule has 6 heteroatoms. The van der Waals surface area contributed by atoms with Crippen molar-refractivity contribution >= 4 is 33.2 Å². The summed E-state index contributed by atoms with van der Waals surface area (Å²) < 4.78 is 1.62. The van der Waals surface area contributed by atoms with E-state index in [-0.39, 0.29) is 5.56 Å². The standard InChI is InChI=1S/C13H16ClN3OS/c1-2-16-5-3-10-9(7-16)11-12(19-10)15-8-17(6-4-14)13(11)18/h8H,2-7H2,1H3. The first-order valence-corrected chi connectivity index (χ1v) is 7.87. The highest BCUT2D eigenvalue weighted by Crippen LogP contribution is 2.31. The largest absolute Gasteiger partial charge is 0.299 e. The number of aryl methyl sites for hydroxylation is 1. The minimum Gasteiger partial charge on any atom is -0.299 e. The fourth-order valence-electron chi connectivity index (χ4n) is 2.58. The Morgan fingerprint density at radius 3 is 3.11 bits per heavy atom. The zero-order chi connectivity index (χ0) is 13.4. The second-order valence-corrected chi connectivity index (χ2v) is 6.20. The Hall–Kier alpha value is -0.910. The van der Waals surface area contributed by atoms with Gasteiger partial charge in [-0.05, 0) is 18.5 Å². The van der Waals surface area contributed by atoms with Gasteiger partial charge in [-0.1, -0.05) is 6.92 Å². The molecule has 0 aliphatic carbocycles. The average Bonchev–Trinajstić information content (AvgIpc) is 2.80. The van der Waals surface area contributed by atoms with Crippen LogP contribution in [0.1, 0.15) is 17.4 Å². The van der Waals surface area contributed by atoms with Crippen LogP contribution >= 0.6 is 22.9 Å². The summed E-state index contributed by atoms with van der Waals surface area (Å²) in [5.41, 5.74) is 1.25. The number of hydrogen-bond acceptors (Lipinski definition) is 4. The SMILES string of the molecule is CCN1CCc2sc3ncn(CCCl)c(=O)c3c2C1. The highest BCUT2D eigenvalue weighted by Gasteiger charge is 2.23. The lowest BCUT2D eigenvalue weighted by atomic mass is 10.1.